The van der Waals surface area contributed by atoms with E-state index in [1.807, 2.05) is 0 Å². The first-order chi connectivity index (χ1) is 9.75. The molecular weight excluding hydrogens is 314 g/mol. The summed E-state index contributed by atoms with van der Waals surface area (Å²) < 4.78 is 1.10. The summed E-state index contributed by atoms with van der Waals surface area (Å²) in [6.07, 6.45) is 8.21. The van der Waals surface area contributed by atoms with Crippen molar-refractivity contribution in [2.45, 2.75) is 51.0 Å². The molecule has 2 fully saturated rings. The van der Waals surface area contributed by atoms with Crippen LogP contribution in [-0.4, -0.2) is 17.4 Å². The van der Waals surface area contributed by atoms with E-state index in [-0.39, 0.29) is 0 Å². The number of likely N-dealkylation sites (tertiary alicyclic amines) is 1. The Morgan fingerprint density at radius 3 is 2.40 bits per heavy atom. The van der Waals surface area contributed by atoms with Crippen LogP contribution in [0, 0.1) is 5.92 Å². The number of carbonyl (C=O) groups excluding carboxylic acids is 1. The zero-order chi connectivity index (χ0) is 13.9. The average molecular weight is 336 g/mol. The number of rotatable bonds is 2. The summed E-state index contributed by atoms with van der Waals surface area (Å²) >= 11 is 3.48. The summed E-state index contributed by atoms with van der Waals surface area (Å²) in [6, 6.07) is 8.77. The number of halogens is 1. The van der Waals surface area contributed by atoms with Gasteiger partial charge in [0.05, 0.1) is 6.04 Å². The van der Waals surface area contributed by atoms with E-state index in [4.69, 9.17) is 0 Å². The first-order valence-corrected chi connectivity index (χ1v) is 8.61. The van der Waals surface area contributed by atoms with Gasteiger partial charge in [-0.1, -0.05) is 47.3 Å². The zero-order valence-corrected chi connectivity index (χ0v) is 13.4. The molecule has 108 valence electrons. The Bertz CT molecular complexity index is 464. The Hall–Kier alpha value is -0.830. The molecule has 20 heavy (non-hydrogen) atoms. The Balaban J connectivity index is 1.74. The Morgan fingerprint density at radius 2 is 1.70 bits per heavy atom. The van der Waals surface area contributed by atoms with E-state index in [1.165, 1.54) is 24.8 Å². The van der Waals surface area contributed by atoms with Gasteiger partial charge in [0.1, 0.15) is 0 Å². The molecule has 2 nitrogen and oxygen atoms in total. The van der Waals surface area contributed by atoms with Gasteiger partial charge in [0.15, 0.2) is 0 Å². The van der Waals surface area contributed by atoms with E-state index in [2.05, 4.69) is 45.1 Å². The summed E-state index contributed by atoms with van der Waals surface area (Å²) in [5.41, 5.74) is 1.29. The van der Waals surface area contributed by atoms with Crippen molar-refractivity contribution in [1.29, 1.82) is 0 Å². The lowest BCUT2D eigenvalue weighted by atomic mass is 9.88. The van der Waals surface area contributed by atoms with Gasteiger partial charge >= 0.3 is 0 Å². The minimum Gasteiger partial charge on any atom is -0.335 e. The van der Waals surface area contributed by atoms with Gasteiger partial charge in [0.25, 0.3) is 0 Å². The van der Waals surface area contributed by atoms with Crippen LogP contribution in [0.4, 0.5) is 0 Å². The quantitative estimate of drug-likeness (QED) is 0.767. The SMILES string of the molecule is O=C(C1CCCCC1)N1CCCC1c1ccc(Br)cc1. The van der Waals surface area contributed by atoms with E-state index < -0.39 is 0 Å². The third-order valence-corrected chi connectivity index (χ3v) is 5.27. The van der Waals surface area contributed by atoms with Crippen molar-refractivity contribution >= 4 is 21.8 Å². The van der Waals surface area contributed by atoms with Gasteiger partial charge in [-0.2, -0.15) is 0 Å². The highest BCUT2D eigenvalue weighted by atomic mass is 79.9. The van der Waals surface area contributed by atoms with Crippen LogP contribution in [0.5, 0.6) is 0 Å². The number of hydrogen-bond acceptors (Lipinski definition) is 1. The van der Waals surface area contributed by atoms with Crippen molar-refractivity contribution < 1.29 is 4.79 Å². The van der Waals surface area contributed by atoms with Crippen molar-refractivity contribution in [3.63, 3.8) is 0 Å². The van der Waals surface area contributed by atoms with Crippen LogP contribution in [0.2, 0.25) is 0 Å². The maximum atomic E-state index is 12.8. The predicted octanol–water partition coefficient (Wildman–Crippen LogP) is 4.69. The molecule has 1 saturated heterocycles. The molecule has 1 aromatic carbocycles. The maximum Gasteiger partial charge on any atom is 0.226 e. The molecule has 0 bridgehead atoms. The molecule has 3 rings (SSSR count). The number of carbonyl (C=O) groups is 1. The van der Waals surface area contributed by atoms with Crippen molar-refractivity contribution in [3.8, 4) is 0 Å². The molecule has 0 aromatic heterocycles. The Morgan fingerprint density at radius 1 is 1.00 bits per heavy atom. The second-order valence-electron chi connectivity index (χ2n) is 6.08. The van der Waals surface area contributed by atoms with E-state index in [1.54, 1.807) is 0 Å². The molecule has 0 radical (unpaired) electrons. The standard InChI is InChI=1S/C17H22BrNO/c18-15-10-8-13(9-11-15)16-7-4-12-19(16)17(20)14-5-2-1-3-6-14/h8-11,14,16H,1-7,12H2. The minimum absolute atomic E-state index is 0.291. The monoisotopic (exact) mass is 335 g/mol. The largest absolute Gasteiger partial charge is 0.335 e. The maximum absolute atomic E-state index is 12.8. The predicted molar refractivity (Wildman–Crippen MR) is 84.4 cm³/mol. The van der Waals surface area contributed by atoms with Crippen molar-refractivity contribution in [3.05, 3.63) is 34.3 Å². The first kappa shape index (κ1) is 14.1. The molecule has 1 saturated carbocycles. The number of nitrogens with zero attached hydrogens (tertiary/aromatic N) is 1. The molecule has 1 aromatic rings. The van der Waals surface area contributed by atoms with Gasteiger partial charge in [-0.25, -0.2) is 0 Å². The Labute approximate surface area is 129 Å². The number of hydrogen-bond donors (Lipinski definition) is 0. The Kier molecular flexibility index (Phi) is 4.45. The number of benzene rings is 1. The molecule has 1 unspecified atom stereocenters. The average Bonchev–Trinajstić information content (AvgIpc) is 2.97. The van der Waals surface area contributed by atoms with Gasteiger partial charge in [0, 0.05) is 16.9 Å². The molecule has 0 N–H and O–H groups in total. The van der Waals surface area contributed by atoms with Crippen LogP contribution in [0.25, 0.3) is 0 Å². The second kappa shape index (κ2) is 6.30. The highest BCUT2D eigenvalue weighted by Gasteiger charge is 2.34. The summed E-state index contributed by atoms with van der Waals surface area (Å²) in [5, 5.41) is 0. The van der Waals surface area contributed by atoms with Crippen LogP contribution in [0.1, 0.15) is 56.6 Å². The molecule has 3 heteroatoms. The van der Waals surface area contributed by atoms with Gasteiger partial charge < -0.3 is 4.90 Å². The first-order valence-electron chi connectivity index (χ1n) is 7.81. The molecule has 2 aliphatic rings. The van der Waals surface area contributed by atoms with Gasteiger partial charge in [0.2, 0.25) is 5.91 Å². The second-order valence-corrected chi connectivity index (χ2v) is 6.99. The molecule has 1 aliphatic heterocycles. The van der Waals surface area contributed by atoms with Crippen molar-refractivity contribution in [2.75, 3.05) is 6.54 Å². The fourth-order valence-electron chi connectivity index (χ4n) is 3.65. The topological polar surface area (TPSA) is 20.3 Å². The van der Waals surface area contributed by atoms with Crippen molar-refractivity contribution in [1.82, 2.24) is 4.90 Å². The summed E-state index contributed by atoms with van der Waals surface area (Å²) in [6.45, 7) is 0.941. The van der Waals surface area contributed by atoms with E-state index in [0.717, 1.165) is 36.7 Å². The van der Waals surface area contributed by atoms with Crippen LogP contribution in [-0.2, 0) is 4.79 Å². The highest BCUT2D eigenvalue weighted by Crippen LogP contribution is 2.36. The fraction of sp³-hybridized carbons (Fsp3) is 0.588. The molecule has 1 atom stereocenters. The minimum atomic E-state index is 0.291. The van der Waals surface area contributed by atoms with E-state index >= 15 is 0 Å². The molecular formula is C17H22BrNO. The van der Waals surface area contributed by atoms with Crippen LogP contribution in [0.15, 0.2) is 28.7 Å². The normalized spacial score (nSPS) is 24.1. The number of amides is 1. The smallest absolute Gasteiger partial charge is 0.226 e. The van der Waals surface area contributed by atoms with Gasteiger partial charge in [-0.3, -0.25) is 4.79 Å². The van der Waals surface area contributed by atoms with Crippen molar-refractivity contribution in [2.24, 2.45) is 5.92 Å². The summed E-state index contributed by atoms with van der Waals surface area (Å²) in [4.78, 5) is 14.9. The zero-order valence-electron chi connectivity index (χ0n) is 11.9. The van der Waals surface area contributed by atoms with Crippen LogP contribution >= 0.6 is 15.9 Å². The van der Waals surface area contributed by atoms with Crippen LogP contribution < -0.4 is 0 Å². The van der Waals surface area contributed by atoms with Gasteiger partial charge in [-0.05, 0) is 43.4 Å². The molecule has 0 spiro atoms. The third-order valence-electron chi connectivity index (χ3n) is 4.75. The summed E-state index contributed by atoms with van der Waals surface area (Å²) in [5.74, 6) is 0.704. The third kappa shape index (κ3) is 2.93. The molecule has 1 aliphatic carbocycles. The molecule has 1 amide bonds. The van der Waals surface area contributed by atoms with Gasteiger partial charge in [-0.15, -0.1) is 0 Å². The lowest BCUT2D eigenvalue weighted by molar-refractivity contribution is -0.137. The van der Waals surface area contributed by atoms with Crippen LogP contribution in [0.3, 0.4) is 0 Å². The molecule has 1 heterocycles. The summed E-state index contributed by atoms with van der Waals surface area (Å²) in [7, 11) is 0. The van der Waals surface area contributed by atoms with E-state index in [0.29, 0.717) is 17.9 Å². The van der Waals surface area contributed by atoms with E-state index in [9.17, 15) is 4.79 Å². The highest BCUT2D eigenvalue weighted by molar-refractivity contribution is 9.10. The lowest BCUT2D eigenvalue weighted by Crippen LogP contribution is -2.36. The lowest BCUT2D eigenvalue weighted by Gasteiger charge is -2.31. The fourth-order valence-corrected chi connectivity index (χ4v) is 3.91.